The highest BCUT2D eigenvalue weighted by Gasteiger charge is 2.15. The van der Waals surface area contributed by atoms with Crippen LogP contribution in [0.2, 0.25) is 0 Å². The van der Waals surface area contributed by atoms with Gasteiger partial charge < -0.3 is 5.32 Å². The third-order valence-corrected chi connectivity index (χ3v) is 5.48. The number of pyridine rings is 1. The summed E-state index contributed by atoms with van der Waals surface area (Å²) >= 11 is 1.43. The van der Waals surface area contributed by atoms with Gasteiger partial charge in [0, 0.05) is 24.7 Å². The number of fused-ring (bicyclic) bond motifs is 1. The molecule has 0 aliphatic carbocycles. The van der Waals surface area contributed by atoms with Gasteiger partial charge in [0.2, 0.25) is 0 Å². The minimum Gasteiger partial charge on any atom is -0.351 e. The highest BCUT2D eigenvalue weighted by atomic mass is 32.1. The molecule has 4 rings (SSSR count). The fourth-order valence-electron chi connectivity index (χ4n) is 2.90. The van der Waals surface area contributed by atoms with Crippen LogP contribution in [0.1, 0.15) is 27.6 Å². The first-order chi connectivity index (χ1) is 13.2. The van der Waals surface area contributed by atoms with E-state index in [1.54, 1.807) is 0 Å². The molecular weight excluding hydrogens is 358 g/mol. The summed E-state index contributed by atoms with van der Waals surface area (Å²) in [5, 5.41) is 12.2. The number of carbonyl (C=O) groups is 1. The van der Waals surface area contributed by atoms with Gasteiger partial charge in [0.15, 0.2) is 5.65 Å². The number of nitrogens with one attached hydrogen (secondary N) is 1. The van der Waals surface area contributed by atoms with E-state index in [4.69, 9.17) is 0 Å². The molecule has 1 aromatic carbocycles. The number of benzene rings is 1. The smallest absolute Gasteiger partial charge is 0.263 e. The van der Waals surface area contributed by atoms with Crippen molar-refractivity contribution in [3.05, 3.63) is 71.1 Å². The van der Waals surface area contributed by atoms with Gasteiger partial charge in [-0.15, -0.1) is 21.5 Å². The van der Waals surface area contributed by atoms with E-state index in [1.807, 2.05) is 66.1 Å². The Bertz CT molecular complexity index is 1070. The monoisotopic (exact) mass is 377 g/mol. The van der Waals surface area contributed by atoms with Crippen LogP contribution in [0.3, 0.4) is 0 Å². The Morgan fingerprint density at radius 1 is 1.11 bits per heavy atom. The predicted molar refractivity (Wildman–Crippen MR) is 106 cm³/mol. The Balaban J connectivity index is 1.35. The molecule has 0 saturated heterocycles. The summed E-state index contributed by atoms with van der Waals surface area (Å²) in [4.78, 5) is 17.7. The SMILES string of the molecule is Cc1nc(-c2ccccc2)sc1C(=O)NCCCc1nnc2ccccn12. The number of aryl methyl sites for hydroxylation is 2. The van der Waals surface area contributed by atoms with Gasteiger partial charge in [0.25, 0.3) is 5.91 Å². The van der Waals surface area contributed by atoms with Crippen molar-refractivity contribution in [3.8, 4) is 10.6 Å². The van der Waals surface area contributed by atoms with Gasteiger partial charge in [0.1, 0.15) is 15.7 Å². The molecule has 7 heteroatoms. The molecule has 1 amide bonds. The molecule has 27 heavy (non-hydrogen) atoms. The largest absolute Gasteiger partial charge is 0.351 e. The Morgan fingerprint density at radius 3 is 2.78 bits per heavy atom. The second-order valence-electron chi connectivity index (χ2n) is 6.20. The van der Waals surface area contributed by atoms with E-state index in [1.165, 1.54) is 11.3 Å². The van der Waals surface area contributed by atoms with Crippen molar-refractivity contribution >= 4 is 22.9 Å². The molecule has 0 aliphatic heterocycles. The fourth-order valence-corrected chi connectivity index (χ4v) is 3.89. The Labute approximate surface area is 160 Å². The molecule has 0 saturated carbocycles. The van der Waals surface area contributed by atoms with Gasteiger partial charge in [-0.2, -0.15) is 0 Å². The van der Waals surface area contributed by atoms with Gasteiger partial charge in [-0.1, -0.05) is 36.4 Å². The molecule has 0 unspecified atom stereocenters. The van der Waals surface area contributed by atoms with Crippen molar-refractivity contribution in [2.75, 3.05) is 6.54 Å². The molecule has 0 aliphatic rings. The third-order valence-electron chi connectivity index (χ3n) is 4.27. The Hall–Kier alpha value is -3.06. The predicted octanol–water partition coefficient (Wildman–Crippen LogP) is 3.52. The highest BCUT2D eigenvalue weighted by Crippen LogP contribution is 2.27. The lowest BCUT2D eigenvalue weighted by atomic mass is 10.2. The molecule has 4 aromatic rings. The van der Waals surface area contributed by atoms with Crippen molar-refractivity contribution < 1.29 is 4.79 Å². The van der Waals surface area contributed by atoms with Crippen molar-refractivity contribution in [1.82, 2.24) is 24.9 Å². The molecule has 3 heterocycles. The minimum absolute atomic E-state index is 0.0710. The molecule has 0 radical (unpaired) electrons. The van der Waals surface area contributed by atoms with Gasteiger partial charge in [-0.25, -0.2) is 4.98 Å². The molecule has 0 fully saturated rings. The van der Waals surface area contributed by atoms with E-state index in [2.05, 4.69) is 20.5 Å². The van der Waals surface area contributed by atoms with Crippen molar-refractivity contribution in [2.45, 2.75) is 19.8 Å². The normalized spacial score (nSPS) is 11.0. The summed E-state index contributed by atoms with van der Waals surface area (Å²) in [7, 11) is 0. The van der Waals surface area contributed by atoms with E-state index < -0.39 is 0 Å². The second-order valence-corrected chi connectivity index (χ2v) is 7.20. The number of hydrogen-bond donors (Lipinski definition) is 1. The molecular formula is C20H19N5OS. The van der Waals surface area contributed by atoms with Gasteiger partial charge in [0.05, 0.1) is 5.69 Å². The minimum atomic E-state index is -0.0710. The lowest BCUT2D eigenvalue weighted by Gasteiger charge is -2.03. The van der Waals surface area contributed by atoms with Crippen molar-refractivity contribution in [3.63, 3.8) is 0 Å². The van der Waals surface area contributed by atoms with Crippen molar-refractivity contribution in [1.29, 1.82) is 0 Å². The van der Waals surface area contributed by atoms with Crippen LogP contribution in [0.15, 0.2) is 54.7 Å². The fraction of sp³-hybridized carbons (Fsp3) is 0.200. The molecule has 1 N–H and O–H groups in total. The zero-order chi connectivity index (χ0) is 18.6. The summed E-state index contributed by atoms with van der Waals surface area (Å²) < 4.78 is 1.97. The summed E-state index contributed by atoms with van der Waals surface area (Å²) in [5.41, 5.74) is 2.63. The molecule has 0 atom stereocenters. The lowest BCUT2D eigenvalue weighted by Crippen LogP contribution is -2.24. The van der Waals surface area contributed by atoms with Gasteiger partial charge in [-0.3, -0.25) is 9.20 Å². The van der Waals surface area contributed by atoms with Gasteiger partial charge >= 0.3 is 0 Å². The maximum absolute atomic E-state index is 12.5. The number of rotatable bonds is 6. The summed E-state index contributed by atoms with van der Waals surface area (Å²) in [6.45, 7) is 2.46. The molecule has 136 valence electrons. The summed E-state index contributed by atoms with van der Waals surface area (Å²) in [6, 6.07) is 15.7. The maximum atomic E-state index is 12.5. The number of thiazole rings is 1. The highest BCUT2D eigenvalue weighted by molar-refractivity contribution is 7.17. The zero-order valence-electron chi connectivity index (χ0n) is 14.9. The number of nitrogens with zero attached hydrogens (tertiary/aromatic N) is 4. The number of aromatic nitrogens is 4. The Morgan fingerprint density at radius 2 is 1.93 bits per heavy atom. The van der Waals surface area contributed by atoms with Crippen LogP contribution >= 0.6 is 11.3 Å². The number of carbonyl (C=O) groups excluding carboxylic acids is 1. The van der Waals surface area contributed by atoms with Crippen LogP contribution < -0.4 is 5.32 Å². The standard InChI is InChI=1S/C20H19N5OS/c1-14-18(27-20(22-14)15-8-3-2-4-9-15)19(26)21-12-7-11-17-24-23-16-10-5-6-13-25(16)17/h2-6,8-10,13H,7,11-12H2,1H3,(H,21,26). The van der Waals surface area contributed by atoms with Crippen LogP contribution in [0.4, 0.5) is 0 Å². The Kier molecular flexibility index (Phi) is 4.93. The van der Waals surface area contributed by atoms with Gasteiger partial charge in [-0.05, 0) is 25.5 Å². The summed E-state index contributed by atoms with van der Waals surface area (Å²) in [5.74, 6) is 0.832. The van der Waals surface area contributed by atoms with E-state index in [-0.39, 0.29) is 5.91 Å². The van der Waals surface area contributed by atoms with E-state index in [9.17, 15) is 4.79 Å². The first-order valence-corrected chi connectivity index (χ1v) is 9.64. The maximum Gasteiger partial charge on any atom is 0.263 e. The first kappa shape index (κ1) is 17.4. The van der Waals surface area contributed by atoms with Crippen molar-refractivity contribution in [2.24, 2.45) is 0 Å². The average Bonchev–Trinajstić information content (AvgIpc) is 3.29. The average molecular weight is 377 g/mol. The third kappa shape index (κ3) is 3.73. The number of amides is 1. The topological polar surface area (TPSA) is 72.2 Å². The van der Waals surface area contributed by atoms with E-state index in [0.717, 1.165) is 40.6 Å². The van der Waals surface area contributed by atoms with E-state index in [0.29, 0.717) is 11.4 Å². The van der Waals surface area contributed by atoms with Crippen LogP contribution in [-0.2, 0) is 6.42 Å². The molecule has 6 nitrogen and oxygen atoms in total. The van der Waals surface area contributed by atoms with Crippen LogP contribution in [0.25, 0.3) is 16.2 Å². The second kappa shape index (κ2) is 7.67. The quantitative estimate of drug-likeness (QED) is 0.522. The molecule has 3 aromatic heterocycles. The first-order valence-electron chi connectivity index (χ1n) is 8.82. The zero-order valence-corrected chi connectivity index (χ0v) is 15.7. The molecule has 0 spiro atoms. The number of hydrogen-bond acceptors (Lipinski definition) is 5. The van der Waals surface area contributed by atoms with Crippen LogP contribution in [0, 0.1) is 6.92 Å². The lowest BCUT2D eigenvalue weighted by molar-refractivity contribution is 0.0956. The molecule has 0 bridgehead atoms. The van der Waals surface area contributed by atoms with E-state index >= 15 is 0 Å². The van der Waals surface area contributed by atoms with Crippen LogP contribution in [-0.4, -0.2) is 32.0 Å². The van der Waals surface area contributed by atoms with Crippen LogP contribution in [0.5, 0.6) is 0 Å². The summed E-state index contributed by atoms with van der Waals surface area (Å²) in [6.07, 6.45) is 3.50.